The van der Waals surface area contributed by atoms with Gasteiger partial charge in [-0.2, -0.15) is 0 Å². The van der Waals surface area contributed by atoms with Gasteiger partial charge < -0.3 is 0 Å². The quantitative estimate of drug-likeness (QED) is 0.736. The van der Waals surface area contributed by atoms with E-state index in [1.165, 1.54) is 16.9 Å². The van der Waals surface area contributed by atoms with Crippen LogP contribution in [0.2, 0.25) is 0 Å². The number of aryl methyl sites for hydroxylation is 1. The van der Waals surface area contributed by atoms with Gasteiger partial charge in [0.1, 0.15) is 0 Å². The van der Waals surface area contributed by atoms with E-state index in [4.69, 9.17) is 0 Å². The SMILES string of the molecule is Cc1ccccc1C1NC(C)CS1. The van der Waals surface area contributed by atoms with E-state index < -0.39 is 0 Å². The lowest BCUT2D eigenvalue weighted by atomic mass is 10.1. The Balaban J connectivity index is 2.21. The van der Waals surface area contributed by atoms with Crippen LogP contribution in [0.25, 0.3) is 0 Å². The zero-order chi connectivity index (χ0) is 9.26. The fraction of sp³-hybridized carbons (Fsp3) is 0.455. The zero-order valence-corrected chi connectivity index (χ0v) is 8.90. The smallest absolute Gasteiger partial charge is 0.0794 e. The van der Waals surface area contributed by atoms with Crippen LogP contribution in [0.4, 0.5) is 0 Å². The highest BCUT2D eigenvalue weighted by atomic mass is 32.2. The van der Waals surface area contributed by atoms with Crippen LogP contribution in [0.1, 0.15) is 23.4 Å². The molecule has 0 saturated carbocycles. The van der Waals surface area contributed by atoms with Crippen LogP contribution in [-0.2, 0) is 0 Å². The van der Waals surface area contributed by atoms with Crippen LogP contribution in [0.3, 0.4) is 0 Å². The third-order valence-corrected chi connectivity index (χ3v) is 3.84. The Morgan fingerprint density at radius 1 is 1.38 bits per heavy atom. The van der Waals surface area contributed by atoms with E-state index >= 15 is 0 Å². The third-order valence-electron chi connectivity index (χ3n) is 2.42. The minimum absolute atomic E-state index is 0.510. The van der Waals surface area contributed by atoms with Crippen molar-refractivity contribution in [1.29, 1.82) is 0 Å². The second-order valence-corrected chi connectivity index (χ2v) is 4.78. The van der Waals surface area contributed by atoms with E-state index in [1.807, 2.05) is 11.8 Å². The molecule has 0 aliphatic carbocycles. The topological polar surface area (TPSA) is 12.0 Å². The van der Waals surface area contributed by atoms with Crippen LogP contribution in [0, 0.1) is 6.92 Å². The van der Waals surface area contributed by atoms with Crippen molar-refractivity contribution in [1.82, 2.24) is 5.32 Å². The summed E-state index contributed by atoms with van der Waals surface area (Å²) in [6.07, 6.45) is 0. The van der Waals surface area contributed by atoms with Gasteiger partial charge in [-0.25, -0.2) is 0 Å². The van der Waals surface area contributed by atoms with Crippen LogP contribution >= 0.6 is 11.8 Å². The van der Waals surface area contributed by atoms with Gasteiger partial charge in [-0.3, -0.25) is 5.32 Å². The molecule has 1 saturated heterocycles. The first-order valence-electron chi connectivity index (χ1n) is 4.70. The summed E-state index contributed by atoms with van der Waals surface area (Å²) in [7, 11) is 0. The van der Waals surface area contributed by atoms with E-state index in [2.05, 4.69) is 43.4 Å². The Morgan fingerprint density at radius 3 is 2.77 bits per heavy atom. The Labute approximate surface area is 83.9 Å². The molecule has 0 spiro atoms. The lowest BCUT2D eigenvalue weighted by molar-refractivity contribution is 0.617. The fourth-order valence-electron chi connectivity index (χ4n) is 1.66. The molecule has 1 heterocycles. The Morgan fingerprint density at radius 2 is 2.15 bits per heavy atom. The molecule has 1 nitrogen and oxygen atoms in total. The lowest BCUT2D eigenvalue weighted by Gasteiger charge is -2.13. The molecule has 1 fully saturated rings. The van der Waals surface area contributed by atoms with Crippen molar-refractivity contribution < 1.29 is 0 Å². The molecular weight excluding hydrogens is 178 g/mol. The van der Waals surface area contributed by atoms with Crippen molar-refractivity contribution in [3.8, 4) is 0 Å². The molecule has 70 valence electrons. The summed E-state index contributed by atoms with van der Waals surface area (Å²) in [6, 6.07) is 9.27. The molecule has 2 rings (SSSR count). The summed E-state index contributed by atoms with van der Waals surface area (Å²) in [5.41, 5.74) is 2.83. The number of rotatable bonds is 1. The minimum Gasteiger partial charge on any atom is -0.298 e. The zero-order valence-electron chi connectivity index (χ0n) is 8.08. The van der Waals surface area contributed by atoms with Crippen LogP contribution in [0.5, 0.6) is 0 Å². The predicted octanol–water partition coefficient (Wildman–Crippen LogP) is 2.72. The van der Waals surface area contributed by atoms with Gasteiger partial charge in [-0.05, 0) is 25.0 Å². The molecule has 0 amide bonds. The van der Waals surface area contributed by atoms with E-state index in [9.17, 15) is 0 Å². The first-order valence-corrected chi connectivity index (χ1v) is 5.75. The van der Waals surface area contributed by atoms with E-state index in [0.29, 0.717) is 11.4 Å². The van der Waals surface area contributed by atoms with Crippen LogP contribution < -0.4 is 5.32 Å². The lowest BCUT2D eigenvalue weighted by Crippen LogP contribution is -2.22. The van der Waals surface area contributed by atoms with E-state index in [1.54, 1.807) is 0 Å². The van der Waals surface area contributed by atoms with E-state index in [0.717, 1.165) is 0 Å². The highest BCUT2D eigenvalue weighted by molar-refractivity contribution is 7.99. The van der Waals surface area contributed by atoms with E-state index in [-0.39, 0.29) is 0 Å². The molecule has 0 bridgehead atoms. The molecule has 1 N–H and O–H groups in total. The second-order valence-electron chi connectivity index (χ2n) is 3.64. The second kappa shape index (κ2) is 3.72. The maximum Gasteiger partial charge on any atom is 0.0794 e. The number of nitrogens with one attached hydrogen (secondary N) is 1. The van der Waals surface area contributed by atoms with Gasteiger partial charge in [-0.15, -0.1) is 11.8 Å². The summed E-state index contributed by atoms with van der Waals surface area (Å²) in [4.78, 5) is 0. The van der Waals surface area contributed by atoms with Crippen LogP contribution in [-0.4, -0.2) is 11.8 Å². The molecule has 1 aromatic carbocycles. The molecule has 1 aliphatic heterocycles. The first kappa shape index (κ1) is 9.10. The largest absolute Gasteiger partial charge is 0.298 e. The first-order chi connectivity index (χ1) is 6.27. The summed E-state index contributed by atoms with van der Waals surface area (Å²) >= 11 is 2.01. The van der Waals surface area contributed by atoms with Crippen molar-refractivity contribution in [2.24, 2.45) is 0 Å². The van der Waals surface area contributed by atoms with Crippen LogP contribution in [0.15, 0.2) is 24.3 Å². The monoisotopic (exact) mass is 193 g/mol. The van der Waals surface area contributed by atoms with Gasteiger partial charge in [0.25, 0.3) is 0 Å². The summed E-state index contributed by atoms with van der Waals surface area (Å²) in [5.74, 6) is 1.22. The molecule has 2 unspecified atom stereocenters. The van der Waals surface area contributed by atoms with Gasteiger partial charge in [0.2, 0.25) is 0 Å². The molecule has 2 atom stereocenters. The Hall–Kier alpha value is -0.470. The number of thioether (sulfide) groups is 1. The van der Waals surface area contributed by atoms with Crippen molar-refractivity contribution >= 4 is 11.8 Å². The van der Waals surface area contributed by atoms with Crippen molar-refractivity contribution in [2.75, 3.05) is 5.75 Å². The summed E-state index contributed by atoms with van der Waals surface area (Å²) < 4.78 is 0. The molecule has 13 heavy (non-hydrogen) atoms. The maximum absolute atomic E-state index is 3.57. The van der Waals surface area contributed by atoms with Gasteiger partial charge in [0.05, 0.1) is 5.37 Å². The van der Waals surface area contributed by atoms with Crippen molar-refractivity contribution in [3.63, 3.8) is 0 Å². The summed E-state index contributed by atoms with van der Waals surface area (Å²) in [6.45, 7) is 4.42. The maximum atomic E-state index is 3.57. The number of hydrogen-bond donors (Lipinski definition) is 1. The normalized spacial score (nSPS) is 27.8. The highest BCUT2D eigenvalue weighted by Gasteiger charge is 2.22. The molecule has 1 aromatic rings. The average molecular weight is 193 g/mol. The average Bonchev–Trinajstić information content (AvgIpc) is 2.53. The standard InChI is InChI=1S/C11H15NS/c1-8-5-3-4-6-10(8)11-12-9(2)7-13-11/h3-6,9,11-12H,7H2,1-2H3. The number of benzene rings is 1. The van der Waals surface area contributed by atoms with Gasteiger partial charge in [-0.1, -0.05) is 24.3 Å². The molecule has 0 aromatic heterocycles. The highest BCUT2D eigenvalue weighted by Crippen LogP contribution is 2.33. The third kappa shape index (κ3) is 1.89. The number of hydrogen-bond acceptors (Lipinski definition) is 2. The molecule has 2 heteroatoms. The van der Waals surface area contributed by atoms with Crippen molar-refractivity contribution in [3.05, 3.63) is 35.4 Å². The predicted molar refractivity (Wildman–Crippen MR) is 59.0 cm³/mol. The van der Waals surface area contributed by atoms with Gasteiger partial charge >= 0.3 is 0 Å². The fourth-order valence-corrected chi connectivity index (χ4v) is 3.01. The molecule has 0 radical (unpaired) electrons. The minimum atomic E-state index is 0.510. The Kier molecular flexibility index (Phi) is 2.61. The van der Waals surface area contributed by atoms with Crippen molar-refractivity contribution in [2.45, 2.75) is 25.3 Å². The van der Waals surface area contributed by atoms with Gasteiger partial charge in [0.15, 0.2) is 0 Å². The molecular formula is C11H15NS. The van der Waals surface area contributed by atoms with Gasteiger partial charge in [0, 0.05) is 11.8 Å². The molecule has 1 aliphatic rings. The Bertz CT molecular complexity index is 298. The summed E-state index contributed by atoms with van der Waals surface area (Å²) in [5, 5.41) is 4.08.